The second-order valence-electron chi connectivity index (χ2n) is 3.49. The molecule has 1 rings (SSSR count). The number of hydrogen-bond donors (Lipinski definition) is 1. The molecule has 1 N–H and O–H groups in total. The highest BCUT2D eigenvalue weighted by Crippen LogP contribution is 2.28. The molecule has 14 heavy (non-hydrogen) atoms. The van der Waals surface area contributed by atoms with Gasteiger partial charge in [-0.1, -0.05) is 29.3 Å². The number of Topliss-reactive ketones (excluding diaryl/α,β-unsaturated/α-hetero) is 1. The van der Waals surface area contributed by atoms with Crippen LogP contribution in [0.25, 0.3) is 0 Å². The van der Waals surface area contributed by atoms with Crippen LogP contribution < -0.4 is 0 Å². The lowest BCUT2D eigenvalue weighted by molar-refractivity contribution is 0.0488. The molecule has 0 aromatic heterocycles. The summed E-state index contributed by atoms with van der Waals surface area (Å²) in [4.78, 5) is 11.6. The average molecular weight is 233 g/mol. The summed E-state index contributed by atoms with van der Waals surface area (Å²) >= 11 is 11.6. The smallest absolute Gasteiger partial charge is 0.195 e. The zero-order valence-electron chi connectivity index (χ0n) is 7.84. The van der Waals surface area contributed by atoms with Crippen molar-refractivity contribution in [1.82, 2.24) is 0 Å². The standard InChI is InChI=1S/C10H10Cl2O2/c1-10(2,14)9(13)6-4-3-5-7(11)8(6)12/h3-5,14H,1-2H3. The van der Waals surface area contributed by atoms with E-state index in [1.165, 1.54) is 19.9 Å². The Labute approximate surface area is 92.5 Å². The predicted octanol–water partition coefficient (Wildman–Crippen LogP) is 2.95. The van der Waals surface area contributed by atoms with Gasteiger partial charge < -0.3 is 5.11 Å². The van der Waals surface area contributed by atoms with Crippen LogP contribution >= 0.6 is 23.2 Å². The van der Waals surface area contributed by atoms with E-state index in [4.69, 9.17) is 23.2 Å². The number of halogens is 2. The quantitative estimate of drug-likeness (QED) is 0.797. The summed E-state index contributed by atoms with van der Waals surface area (Å²) in [6, 6.07) is 4.74. The third-order valence-electron chi connectivity index (χ3n) is 1.75. The van der Waals surface area contributed by atoms with E-state index in [-0.39, 0.29) is 10.6 Å². The van der Waals surface area contributed by atoms with Crippen LogP contribution in [0, 0.1) is 0 Å². The minimum absolute atomic E-state index is 0.182. The van der Waals surface area contributed by atoms with Gasteiger partial charge in [-0.3, -0.25) is 4.79 Å². The lowest BCUT2D eigenvalue weighted by atomic mass is 9.97. The monoisotopic (exact) mass is 232 g/mol. The Morgan fingerprint density at radius 2 is 1.93 bits per heavy atom. The normalized spacial score (nSPS) is 11.5. The van der Waals surface area contributed by atoms with E-state index in [1.807, 2.05) is 0 Å². The molecule has 0 atom stereocenters. The highest BCUT2D eigenvalue weighted by Gasteiger charge is 2.27. The van der Waals surface area contributed by atoms with Crippen molar-refractivity contribution in [3.63, 3.8) is 0 Å². The topological polar surface area (TPSA) is 37.3 Å². The Bertz CT molecular complexity index is 367. The van der Waals surface area contributed by atoms with Crippen molar-refractivity contribution in [3.05, 3.63) is 33.8 Å². The molecule has 0 bridgehead atoms. The maximum atomic E-state index is 11.6. The predicted molar refractivity (Wildman–Crippen MR) is 57.1 cm³/mol. The van der Waals surface area contributed by atoms with Gasteiger partial charge >= 0.3 is 0 Å². The van der Waals surface area contributed by atoms with Gasteiger partial charge in [0.15, 0.2) is 5.78 Å². The summed E-state index contributed by atoms with van der Waals surface area (Å²) in [7, 11) is 0. The number of ketones is 1. The number of rotatable bonds is 2. The molecule has 0 aliphatic rings. The van der Waals surface area contributed by atoms with Crippen molar-refractivity contribution in [2.75, 3.05) is 0 Å². The van der Waals surface area contributed by atoms with Gasteiger partial charge in [-0.15, -0.1) is 0 Å². The van der Waals surface area contributed by atoms with E-state index >= 15 is 0 Å². The van der Waals surface area contributed by atoms with Gasteiger partial charge in [0.1, 0.15) is 5.60 Å². The molecule has 0 fully saturated rings. The second kappa shape index (κ2) is 3.89. The van der Waals surface area contributed by atoms with Gasteiger partial charge in [0.25, 0.3) is 0 Å². The third kappa shape index (κ3) is 2.27. The van der Waals surface area contributed by atoms with E-state index in [9.17, 15) is 9.90 Å². The van der Waals surface area contributed by atoms with E-state index in [0.29, 0.717) is 5.02 Å². The first-order valence-corrected chi connectivity index (χ1v) is 4.81. The highest BCUT2D eigenvalue weighted by molar-refractivity contribution is 6.44. The zero-order chi connectivity index (χ0) is 10.9. The maximum Gasteiger partial charge on any atom is 0.195 e. The van der Waals surface area contributed by atoms with E-state index < -0.39 is 11.4 Å². The molecule has 0 saturated heterocycles. The van der Waals surface area contributed by atoms with E-state index in [2.05, 4.69) is 0 Å². The van der Waals surface area contributed by atoms with Crippen LogP contribution in [0.5, 0.6) is 0 Å². The molecule has 0 heterocycles. The molecule has 4 heteroatoms. The molecular formula is C10H10Cl2O2. The summed E-state index contributed by atoms with van der Waals surface area (Å²) in [5.74, 6) is -0.440. The third-order valence-corrected chi connectivity index (χ3v) is 2.57. The van der Waals surface area contributed by atoms with Crippen molar-refractivity contribution >= 4 is 29.0 Å². The molecule has 0 radical (unpaired) electrons. The largest absolute Gasteiger partial charge is 0.382 e. The first kappa shape index (κ1) is 11.5. The molecule has 1 aromatic rings. The molecule has 1 aromatic carbocycles. The molecule has 76 valence electrons. The number of hydrogen-bond acceptors (Lipinski definition) is 2. The van der Waals surface area contributed by atoms with Gasteiger partial charge in [-0.25, -0.2) is 0 Å². The van der Waals surface area contributed by atoms with Gasteiger partial charge in [-0.2, -0.15) is 0 Å². The zero-order valence-corrected chi connectivity index (χ0v) is 9.36. The van der Waals surface area contributed by atoms with E-state index in [1.54, 1.807) is 12.1 Å². The van der Waals surface area contributed by atoms with Crippen molar-refractivity contribution < 1.29 is 9.90 Å². The molecule has 0 spiro atoms. The van der Waals surface area contributed by atoms with Crippen LogP contribution in [0.4, 0.5) is 0 Å². The minimum atomic E-state index is -1.44. The van der Waals surface area contributed by atoms with Gasteiger partial charge in [0, 0.05) is 5.56 Å². The number of aliphatic hydroxyl groups is 1. The van der Waals surface area contributed by atoms with Crippen LogP contribution in [0.3, 0.4) is 0 Å². The van der Waals surface area contributed by atoms with Crippen molar-refractivity contribution in [1.29, 1.82) is 0 Å². The second-order valence-corrected chi connectivity index (χ2v) is 4.27. The van der Waals surface area contributed by atoms with Gasteiger partial charge in [0.05, 0.1) is 10.0 Å². The molecule has 2 nitrogen and oxygen atoms in total. The SMILES string of the molecule is CC(C)(O)C(=O)c1cccc(Cl)c1Cl. The fourth-order valence-electron chi connectivity index (χ4n) is 1.01. The lowest BCUT2D eigenvalue weighted by Gasteiger charge is -2.16. The van der Waals surface area contributed by atoms with Gasteiger partial charge in [0.2, 0.25) is 0 Å². The summed E-state index contributed by atoms with van der Waals surface area (Å²) in [6.45, 7) is 2.82. The molecule has 0 amide bonds. The van der Waals surface area contributed by atoms with Crippen molar-refractivity contribution in [3.8, 4) is 0 Å². The Morgan fingerprint density at radius 1 is 1.36 bits per heavy atom. The number of benzene rings is 1. The average Bonchev–Trinajstić information content (AvgIpc) is 2.07. The fourth-order valence-corrected chi connectivity index (χ4v) is 1.40. The van der Waals surface area contributed by atoms with Crippen LogP contribution in [-0.4, -0.2) is 16.5 Å². The highest BCUT2D eigenvalue weighted by atomic mass is 35.5. The Balaban J connectivity index is 3.21. The fraction of sp³-hybridized carbons (Fsp3) is 0.300. The Morgan fingerprint density at radius 3 is 2.43 bits per heavy atom. The first-order chi connectivity index (χ1) is 6.34. The number of carbonyl (C=O) groups is 1. The molecule has 0 aliphatic heterocycles. The minimum Gasteiger partial charge on any atom is -0.382 e. The Kier molecular flexibility index (Phi) is 3.20. The van der Waals surface area contributed by atoms with Crippen LogP contribution in [0.15, 0.2) is 18.2 Å². The molecule has 0 aliphatic carbocycles. The van der Waals surface area contributed by atoms with Gasteiger partial charge in [-0.05, 0) is 26.0 Å². The molecule has 0 unspecified atom stereocenters. The summed E-state index contributed by atoms with van der Waals surface area (Å²) < 4.78 is 0. The van der Waals surface area contributed by atoms with Crippen LogP contribution in [0.2, 0.25) is 10.0 Å². The first-order valence-electron chi connectivity index (χ1n) is 4.05. The Hall–Kier alpha value is -0.570. The van der Waals surface area contributed by atoms with Crippen LogP contribution in [-0.2, 0) is 0 Å². The summed E-state index contributed by atoms with van der Waals surface area (Å²) in [5.41, 5.74) is -1.19. The van der Waals surface area contributed by atoms with Crippen LogP contribution in [0.1, 0.15) is 24.2 Å². The lowest BCUT2D eigenvalue weighted by Crippen LogP contribution is -2.31. The van der Waals surface area contributed by atoms with E-state index in [0.717, 1.165) is 0 Å². The van der Waals surface area contributed by atoms with Crippen molar-refractivity contribution in [2.24, 2.45) is 0 Å². The number of carbonyl (C=O) groups excluding carboxylic acids is 1. The summed E-state index contributed by atoms with van der Waals surface area (Å²) in [5, 5.41) is 9.99. The maximum absolute atomic E-state index is 11.6. The van der Waals surface area contributed by atoms with Crippen molar-refractivity contribution in [2.45, 2.75) is 19.4 Å². The molecule has 0 saturated carbocycles. The summed E-state index contributed by atoms with van der Waals surface area (Å²) in [6.07, 6.45) is 0. The molecular weight excluding hydrogens is 223 g/mol.